The number of amides is 2. The molecule has 0 fully saturated rings. The number of halogens is 2. The van der Waals surface area contributed by atoms with Gasteiger partial charge in [0.25, 0.3) is 11.8 Å². The third-order valence-electron chi connectivity index (χ3n) is 6.75. The number of rotatable bonds is 7. The maximum Gasteiger partial charge on any atom is 0.255 e. The van der Waals surface area contributed by atoms with E-state index in [9.17, 15) is 18.4 Å². The quantitative estimate of drug-likeness (QED) is 0.188. The fourth-order valence-electron chi connectivity index (χ4n) is 4.76. The smallest absolute Gasteiger partial charge is 0.255 e. The van der Waals surface area contributed by atoms with Gasteiger partial charge in [0.05, 0.1) is 5.56 Å². The molecule has 0 saturated heterocycles. The lowest BCUT2D eigenvalue weighted by atomic mass is 9.93. The molecule has 2 amide bonds. The van der Waals surface area contributed by atoms with Crippen LogP contribution in [0.3, 0.4) is 0 Å². The van der Waals surface area contributed by atoms with Crippen molar-refractivity contribution < 1.29 is 22.8 Å². The predicted molar refractivity (Wildman–Crippen MR) is 157 cm³/mol. The highest BCUT2D eigenvalue weighted by atomic mass is 19.1. The second-order valence-corrected chi connectivity index (χ2v) is 10.2. The fourth-order valence-corrected chi connectivity index (χ4v) is 4.76. The van der Waals surface area contributed by atoms with Crippen molar-refractivity contribution in [3.63, 3.8) is 0 Å². The average molecular weight is 554 g/mol. The van der Waals surface area contributed by atoms with Gasteiger partial charge in [0, 0.05) is 35.8 Å². The Bertz CT molecular complexity index is 1760. The number of nitrogens with one attached hydrogen (secondary N) is 2. The van der Waals surface area contributed by atoms with Crippen LogP contribution in [0.5, 0.6) is 0 Å². The van der Waals surface area contributed by atoms with Gasteiger partial charge in [0.15, 0.2) is 0 Å². The van der Waals surface area contributed by atoms with Gasteiger partial charge in [0.1, 0.15) is 23.0 Å². The lowest BCUT2D eigenvalue weighted by molar-refractivity contribution is 0.0946. The van der Waals surface area contributed by atoms with Crippen molar-refractivity contribution in [2.75, 3.05) is 19.3 Å². The summed E-state index contributed by atoms with van der Waals surface area (Å²) >= 11 is 0. The molecule has 4 N–H and O–H groups in total. The number of fused-ring (bicyclic) bond motifs is 1. The maximum absolute atomic E-state index is 14.2. The molecule has 4 aromatic carbocycles. The highest BCUT2D eigenvalue weighted by molar-refractivity contribution is 6.12. The maximum atomic E-state index is 14.2. The first kappa shape index (κ1) is 27.6. The minimum atomic E-state index is -0.498. The Morgan fingerprint density at radius 3 is 2.17 bits per heavy atom. The molecule has 0 aliphatic rings. The number of carbonyl (C=O) groups excluding carboxylic acids is 2. The van der Waals surface area contributed by atoms with Gasteiger partial charge in [-0.3, -0.25) is 9.59 Å². The third kappa shape index (κ3) is 5.68. The predicted octanol–water partition coefficient (Wildman–Crippen LogP) is 7.04. The SMILES string of the molecule is CNC(=O)c1c(-c2ccc(F)cc2)oc2ccc(-c3ccc(-c4cc(N)cc(F)c4)c(C(=O)NCC(C)C)c3)cc12. The molecule has 0 spiro atoms. The van der Waals surface area contributed by atoms with Crippen LogP contribution in [0.2, 0.25) is 0 Å². The largest absolute Gasteiger partial charge is 0.455 e. The number of hydrogen-bond donors (Lipinski definition) is 3. The molecular formula is C33H29F2N3O3. The van der Waals surface area contributed by atoms with Crippen LogP contribution in [0.15, 0.2) is 83.3 Å². The van der Waals surface area contributed by atoms with Crippen LogP contribution in [-0.4, -0.2) is 25.4 Å². The second kappa shape index (κ2) is 11.3. The Morgan fingerprint density at radius 2 is 1.49 bits per heavy atom. The van der Waals surface area contributed by atoms with Crippen molar-refractivity contribution in [1.82, 2.24) is 10.6 Å². The molecule has 5 aromatic rings. The van der Waals surface area contributed by atoms with E-state index < -0.39 is 11.6 Å². The second-order valence-electron chi connectivity index (χ2n) is 10.2. The summed E-state index contributed by atoms with van der Waals surface area (Å²) in [5.41, 5.74) is 10.3. The van der Waals surface area contributed by atoms with Gasteiger partial charge in [-0.2, -0.15) is 0 Å². The molecule has 0 unspecified atom stereocenters. The van der Waals surface area contributed by atoms with Crippen LogP contribution in [0.1, 0.15) is 34.6 Å². The molecule has 0 aliphatic heterocycles. The third-order valence-corrected chi connectivity index (χ3v) is 6.75. The Kier molecular flexibility index (Phi) is 7.57. The molecule has 0 saturated carbocycles. The summed E-state index contributed by atoms with van der Waals surface area (Å²) in [5.74, 6) is -0.991. The zero-order valence-corrected chi connectivity index (χ0v) is 22.8. The van der Waals surface area contributed by atoms with Gasteiger partial charge < -0.3 is 20.8 Å². The van der Waals surface area contributed by atoms with Crippen LogP contribution < -0.4 is 16.4 Å². The Labute approximate surface area is 236 Å². The minimum absolute atomic E-state index is 0.234. The monoisotopic (exact) mass is 553 g/mol. The first-order valence-electron chi connectivity index (χ1n) is 13.2. The van der Waals surface area contributed by atoms with E-state index in [-0.39, 0.29) is 23.4 Å². The molecule has 0 aliphatic carbocycles. The number of furan rings is 1. The topological polar surface area (TPSA) is 97.4 Å². The molecule has 1 heterocycles. The average Bonchev–Trinajstić information content (AvgIpc) is 3.33. The Hall–Kier alpha value is -4.98. The van der Waals surface area contributed by atoms with Crippen LogP contribution in [0.4, 0.5) is 14.5 Å². The summed E-state index contributed by atoms with van der Waals surface area (Å²) in [6, 6.07) is 20.7. The van der Waals surface area contributed by atoms with E-state index in [0.29, 0.717) is 56.7 Å². The molecule has 208 valence electrons. The van der Waals surface area contributed by atoms with E-state index >= 15 is 0 Å². The Balaban J connectivity index is 1.65. The summed E-state index contributed by atoms with van der Waals surface area (Å²) in [5, 5.41) is 6.16. The van der Waals surface area contributed by atoms with Crippen LogP contribution in [-0.2, 0) is 0 Å². The molecule has 0 bridgehead atoms. The van der Waals surface area contributed by atoms with Gasteiger partial charge in [-0.15, -0.1) is 0 Å². The van der Waals surface area contributed by atoms with Crippen LogP contribution in [0.25, 0.3) is 44.5 Å². The molecule has 8 heteroatoms. The van der Waals surface area contributed by atoms with Crippen molar-refractivity contribution in [2.24, 2.45) is 5.92 Å². The first-order valence-corrected chi connectivity index (χ1v) is 13.2. The number of hydrogen-bond acceptors (Lipinski definition) is 4. The number of nitrogens with two attached hydrogens (primary N) is 1. The molecule has 6 nitrogen and oxygen atoms in total. The van der Waals surface area contributed by atoms with E-state index in [4.69, 9.17) is 10.2 Å². The number of anilines is 1. The minimum Gasteiger partial charge on any atom is -0.455 e. The highest BCUT2D eigenvalue weighted by Crippen LogP contribution is 2.37. The van der Waals surface area contributed by atoms with E-state index in [2.05, 4.69) is 10.6 Å². The normalized spacial score (nSPS) is 11.2. The van der Waals surface area contributed by atoms with E-state index in [0.717, 1.165) is 5.56 Å². The zero-order valence-electron chi connectivity index (χ0n) is 22.8. The van der Waals surface area contributed by atoms with E-state index in [1.54, 1.807) is 36.4 Å². The number of benzene rings is 4. The summed E-state index contributed by atoms with van der Waals surface area (Å²) in [7, 11) is 1.53. The van der Waals surface area contributed by atoms with Crippen LogP contribution in [0, 0.1) is 17.6 Å². The van der Waals surface area contributed by atoms with Crippen molar-refractivity contribution in [2.45, 2.75) is 13.8 Å². The van der Waals surface area contributed by atoms with E-state index in [1.807, 2.05) is 32.0 Å². The molecular weight excluding hydrogens is 524 g/mol. The molecule has 0 atom stereocenters. The van der Waals surface area contributed by atoms with Gasteiger partial charge >= 0.3 is 0 Å². The van der Waals surface area contributed by atoms with Gasteiger partial charge in [0.2, 0.25) is 0 Å². The molecule has 5 rings (SSSR count). The summed E-state index contributed by atoms with van der Waals surface area (Å²) < 4.78 is 33.9. The summed E-state index contributed by atoms with van der Waals surface area (Å²) in [6.07, 6.45) is 0. The zero-order chi connectivity index (χ0) is 29.3. The molecule has 41 heavy (non-hydrogen) atoms. The lowest BCUT2D eigenvalue weighted by Gasteiger charge is -2.14. The summed E-state index contributed by atoms with van der Waals surface area (Å²) in [4.78, 5) is 26.3. The van der Waals surface area contributed by atoms with Crippen LogP contribution >= 0.6 is 0 Å². The standard InChI is InChI=1S/C33H29F2N3O3/c1-18(2)17-38-32(39)27-14-20(6-10-26(27)22-12-24(35)16-25(36)13-22)21-7-11-29-28(15-21)30(33(40)37-3)31(41-29)19-4-8-23(34)9-5-19/h4-16,18H,17,36H2,1-3H3,(H,37,40)(H,38,39). The highest BCUT2D eigenvalue weighted by Gasteiger charge is 2.23. The van der Waals surface area contributed by atoms with Crippen molar-refractivity contribution in [3.8, 4) is 33.6 Å². The first-order chi connectivity index (χ1) is 19.6. The molecule has 0 radical (unpaired) electrons. The summed E-state index contributed by atoms with van der Waals surface area (Å²) in [6.45, 7) is 4.46. The van der Waals surface area contributed by atoms with Crippen molar-refractivity contribution in [3.05, 3.63) is 102 Å². The van der Waals surface area contributed by atoms with Gasteiger partial charge in [-0.25, -0.2) is 8.78 Å². The number of carbonyl (C=O) groups is 2. The van der Waals surface area contributed by atoms with Crippen molar-refractivity contribution in [1.29, 1.82) is 0 Å². The number of nitrogen functional groups attached to an aromatic ring is 1. The Morgan fingerprint density at radius 1 is 0.805 bits per heavy atom. The molecule has 1 aromatic heterocycles. The van der Waals surface area contributed by atoms with Crippen molar-refractivity contribution >= 4 is 28.5 Å². The van der Waals surface area contributed by atoms with Gasteiger partial charge in [-0.1, -0.05) is 32.0 Å². The fraction of sp³-hybridized carbons (Fsp3) is 0.152. The van der Waals surface area contributed by atoms with E-state index in [1.165, 1.54) is 31.3 Å². The van der Waals surface area contributed by atoms with Gasteiger partial charge in [-0.05, 0) is 88.8 Å². The lowest BCUT2D eigenvalue weighted by Crippen LogP contribution is -2.27.